The van der Waals surface area contributed by atoms with Crippen LogP contribution in [0.3, 0.4) is 0 Å². The zero-order chi connectivity index (χ0) is 13.4. The van der Waals surface area contributed by atoms with Crippen LogP contribution in [0.15, 0.2) is 0 Å². The Morgan fingerprint density at radius 1 is 1.28 bits per heavy atom. The molecule has 1 saturated heterocycles. The van der Waals surface area contributed by atoms with Gasteiger partial charge in [-0.2, -0.15) is 0 Å². The molecule has 0 radical (unpaired) electrons. The van der Waals surface area contributed by atoms with Gasteiger partial charge >= 0.3 is 0 Å². The topological polar surface area (TPSA) is 15.3 Å². The molecular weight excluding hydrogens is 220 g/mol. The summed E-state index contributed by atoms with van der Waals surface area (Å²) in [7, 11) is 0. The predicted octanol–water partition coefficient (Wildman–Crippen LogP) is 3.13. The third-order valence-electron chi connectivity index (χ3n) is 5.18. The van der Waals surface area contributed by atoms with E-state index in [0.717, 1.165) is 5.92 Å². The van der Waals surface area contributed by atoms with E-state index in [9.17, 15) is 0 Å². The van der Waals surface area contributed by atoms with E-state index in [1.165, 1.54) is 45.4 Å². The maximum absolute atomic E-state index is 3.75. The third-order valence-corrected chi connectivity index (χ3v) is 5.18. The molecule has 2 heteroatoms. The van der Waals surface area contributed by atoms with E-state index in [1.807, 2.05) is 0 Å². The van der Waals surface area contributed by atoms with E-state index in [-0.39, 0.29) is 0 Å². The molecule has 106 valence electrons. The maximum Gasteiger partial charge on any atom is 0.0243 e. The molecule has 1 aliphatic carbocycles. The molecule has 0 aromatic carbocycles. The average Bonchev–Trinajstić information content (AvgIpc) is 3.02. The number of nitrogens with zero attached hydrogens (tertiary/aromatic N) is 1. The lowest BCUT2D eigenvalue weighted by Crippen LogP contribution is -2.47. The lowest BCUT2D eigenvalue weighted by Gasteiger charge is -2.35. The van der Waals surface area contributed by atoms with Gasteiger partial charge < -0.3 is 10.2 Å². The first kappa shape index (κ1) is 14.3. The van der Waals surface area contributed by atoms with Crippen LogP contribution in [0, 0.1) is 16.7 Å². The highest BCUT2D eigenvalue weighted by atomic mass is 15.2. The molecule has 0 amide bonds. The van der Waals surface area contributed by atoms with E-state index < -0.39 is 0 Å². The number of hydrogen-bond donors (Lipinski definition) is 1. The summed E-state index contributed by atoms with van der Waals surface area (Å²) in [5, 5.41) is 3.75. The molecule has 2 rings (SSSR count). The molecule has 1 unspecified atom stereocenters. The summed E-state index contributed by atoms with van der Waals surface area (Å²) in [6.45, 7) is 16.9. The van der Waals surface area contributed by atoms with Crippen LogP contribution >= 0.6 is 0 Å². The van der Waals surface area contributed by atoms with Gasteiger partial charge in [0, 0.05) is 19.1 Å². The second-order valence-corrected chi connectivity index (χ2v) is 7.98. The van der Waals surface area contributed by atoms with Crippen LogP contribution in [0.4, 0.5) is 0 Å². The molecule has 1 aliphatic heterocycles. The van der Waals surface area contributed by atoms with Gasteiger partial charge in [0.05, 0.1) is 0 Å². The Bertz CT molecular complexity index is 273. The van der Waals surface area contributed by atoms with Crippen molar-refractivity contribution in [2.24, 2.45) is 16.7 Å². The summed E-state index contributed by atoms with van der Waals surface area (Å²) >= 11 is 0. The highest BCUT2D eigenvalue weighted by Gasteiger charge is 2.46. The predicted molar refractivity (Wildman–Crippen MR) is 78.8 cm³/mol. The summed E-state index contributed by atoms with van der Waals surface area (Å²) in [6, 6.07) is 0.642. The van der Waals surface area contributed by atoms with Gasteiger partial charge in [-0.25, -0.2) is 0 Å². The van der Waals surface area contributed by atoms with E-state index in [2.05, 4.69) is 44.8 Å². The lowest BCUT2D eigenvalue weighted by atomic mass is 9.86. The van der Waals surface area contributed by atoms with Gasteiger partial charge in [-0.15, -0.1) is 0 Å². The van der Waals surface area contributed by atoms with Gasteiger partial charge in [0.15, 0.2) is 0 Å². The first-order valence-corrected chi connectivity index (χ1v) is 7.79. The van der Waals surface area contributed by atoms with Gasteiger partial charge in [-0.1, -0.05) is 34.6 Å². The zero-order valence-electron chi connectivity index (χ0n) is 13.1. The Morgan fingerprint density at radius 3 is 2.44 bits per heavy atom. The molecule has 0 bridgehead atoms. The summed E-state index contributed by atoms with van der Waals surface area (Å²) in [6.07, 6.45) is 4.21. The Morgan fingerprint density at radius 2 is 1.94 bits per heavy atom. The minimum atomic E-state index is 0.372. The normalized spacial score (nSPS) is 29.3. The molecule has 2 nitrogen and oxygen atoms in total. The zero-order valence-corrected chi connectivity index (χ0v) is 13.1. The summed E-state index contributed by atoms with van der Waals surface area (Å²) < 4.78 is 0. The fourth-order valence-corrected chi connectivity index (χ4v) is 3.24. The molecule has 1 N–H and O–H groups in total. The molecular formula is C16H32N2. The highest BCUT2D eigenvalue weighted by molar-refractivity contribution is 4.99. The van der Waals surface area contributed by atoms with Crippen LogP contribution < -0.4 is 5.32 Å². The molecule has 2 fully saturated rings. The van der Waals surface area contributed by atoms with Crippen LogP contribution in [0.1, 0.15) is 53.9 Å². The monoisotopic (exact) mass is 252 g/mol. The minimum Gasteiger partial charge on any atom is -0.312 e. The second-order valence-electron chi connectivity index (χ2n) is 7.98. The van der Waals surface area contributed by atoms with E-state index >= 15 is 0 Å². The third kappa shape index (κ3) is 3.27. The van der Waals surface area contributed by atoms with Gasteiger partial charge in [0.2, 0.25) is 0 Å². The molecule has 2 aliphatic rings. The summed E-state index contributed by atoms with van der Waals surface area (Å²) in [5.41, 5.74) is 1.03. The standard InChI is InChI=1S/C16H32N2/c1-13(2)16(7-8-16)12-18-10-6-9-17-14(11-18)15(3,4)5/h13-14,17H,6-12H2,1-5H3. The van der Waals surface area contributed by atoms with Crippen LogP contribution in [0.2, 0.25) is 0 Å². The minimum absolute atomic E-state index is 0.372. The molecule has 18 heavy (non-hydrogen) atoms. The molecule has 1 atom stereocenters. The van der Waals surface area contributed by atoms with Gasteiger partial charge in [0.25, 0.3) is 0 Å². The van der Waals surface area contributed by atoms with Crippen molar-refractivity contribution in [1.82, 2.24) is 10.2 Å². The molecule has 0 spiro atoms. The van der Waals surface area contributed by atoms with Gasteiger partial charge in [-0.05, 0) is 49.1 Å². The maximum atomic E-state index is 3.75. The lowest BCUT2D eigenvalue weighted by molar-refractivity contribution is 0.153. The smallest absolute Gasteiger partial charge is 0.0243 e. The van der Waals surface area contributed by atoms with E-state index in [0.29, 0.717) is 16.9 Å². The number of nitrogens with one attached hydrogen (secondary N) is 1. The van der Waals surface area contributed by atoms with Gasteiger partial charge in [0.1, 0.15) is 0 Å². The SMILES string of the molecule is CC(C)C1(CN2CCCNC(C(C)(C)C)C2)CC1. The van der Waals surface area contributed by atoms with E-state index in [1.54, 1.807) is 0 Å². The van der Waals surface area contributed by atoms with Crippen molar-refractivity contribution >= 4 is 0 Å². The van der Waals surface area contributed by atoms with Crippen LogP contribution in [-0.4, -0.2) is 37.1 Å². The van der Waals surface area contributed by atoms with Crippen molar-refractivity contribution < 1.29 is 0 Å². The summed E-state index contributed by atoms with van der Waals surface area (Å²) in [4.78, 5) is 2.74. The quantitative estimate of drug-likeness (QED) is 0.830. The number of hydrogen-bond acceptors (Lipinski definition) is 2. The first-order chi connectivity index (χ1) is 8.33. The molecule has 0 aromatic rings. The van der Waals surface area contributed by atoms with Crippen LogP contribution in [0.25, 0.3) is 0 Å². The Labute approximate surface area is 114 Å². The molecule has 1 heterocycles. The molecule has 0 aromatic heterocycles. The van der Waals surface area contributed by atoms with Crippen molar-refractivity contribution in [1.29, 1.82) is 0 Å². The largest absolute Gasteiger partial charge is 0.312 e. The van der Waals surface area contributed by atoms with Crippen molar-refractivity contribution in [3.05, 3.63) is 0 Å². The highest BCUT2D eigenvalue weighted by Crippen LogP contribution is 2.52. The van der Waals surface area contributed by atoms with E-state index in [4.69, 9.17) is 0 Å². The Hall–Kier alpha value is -0.0800. The van der Waals surface area contributed by atoms with Crippen molar-refractivity contribution in [2.75, 3.05) is 26.2 Å². The van der Waals surface area contributed by atoms with Crippen LogP contribution in [-0.2, 0) is 0 Å². The fraction of sp³-hybridized carbons (Fsp3) is 1.00. The fourth-order valence-electron chi connectivity index (χ4n) is 3.24. The second kappa shape index (κ2) is 5.13. The van der Waals surface area contributed by atoms with Crippen LogP contribution in [0.5, 0.6) is 0 Å². The van der Waals surface area contributed by atoms with Crippen molar-refractivity contribution in [3.8, 4) is 0 Å². The average molecular weight is 252 g/mol. The Kier molecular flexibility index (Phi) is 4.08. The number of rotatable bonds is 3. The Balaban J connectivity index is 1.96. The van der Waals surface area contributed by atoms with Crippen molar-refractivity contribution in [3.63, 3.8) is 0 Å². The van der Waals surface area contributed by atoms with Gasteiger partial charge in [-0.3, -0.25) is 0 Å². The summed E-state index contributed by atoms with van der Waals surface area (Å²) in [5.74, 6) is 0.849. The molecule has 1 saturated carbocycles. The first-order valence-electron chi connectivity index (χ1n) is 7.79. The van der Waals surface area contributed by atoms with Crippen molar-refractivity contribution in [2.45, 2.75) is 59.9 Å².